The molecule has 18 heavy (non-hydrogen) atoms. The fraction of sp³-hybridized carbons (Fsp3) is 0.733. The smallest absolute Gasteiger partial charge is 0.169 e. The Balaban J connectivity index is 2.25. The number of hydrogen-bond acceptors (Lipinski definition) is 2. The van der Waals surface area contributed by atoms with Gasteiger partial charge in [-0.25, -0.2) is 0 Å². The van der Waals surface area contributed by atoms with E-state index in [4.69, 9.17) is 0 Å². The van der Waals surface area contributed by atoms with Crippen molar-refractivity contribution in [1.29, 1.82) is 0 Å². The summed E-state index contributed by atoms with van der Waals surface area (Å²) in [5.41, 5.74) is 2.75. The molecule has 1 heterocycles. The van der Waals surface area contributed by atoms with E-state index in [2.05, 4.69) is 18.9 Å². The van der Waals surface area contributed by atoms with E-state index in [1.54, 1.807) is 0 Å². The van der Waals surface area contributed by atoms with E-state index in [0.29, 0.717) is 17.6 Å². The maximum Gasteiger partial charge on any atom is 0.169 e. The number of carbonyl (C=O) groups excluding carboxylic acids is 1. The molecule has 2 atom stereocenters. The molecule has 0 spiro atoms. The number of nitrogens with zero attached hydrogens (tertiary/aromatic N) is 2. The van der Waals surface area contributed by atoms with Gasteiger partial charge in [0, 0.05) is 18.7 Å². The molecular weight excluding hydrogens is 224 g/mol. The van der Waals surface area contributed by atoms with Crippen LogP contribution in [0.1, 0.15) is 54.9 Å². The van der Waals surface area contributed by atoms with E-state index in [-0.39, 0.29) is 5.92 Å². The van der Waals surface area contributed by atoms with Crippen LogP contribution in [0.4, 0.5) is 0 Å². The first-order valence-electron chi connectivity index (χ1n) is 6.94. The molecule has 0 radical (unpaired) electrons. The van der Waals surface area contributed by atoms with Crippen LogP contribution in [0.3, 0.4) is 0 Å². The Morgan fingerprint density at radius 3 is 2.17 bits per heavy atom. The SMILES string of the molecule is Cc1nn(C)c(C)c1C(=O)C1CC(C)CC(C)C1. The highest BCUT2D eigenvalue weighted by molar-refractivity contribution is 5.99. The molecule has 1 fully saturated rings. The molecule has 0 aromatic carbocycles. The molecule has 1 aliphatic rings. The third-order valence-corrected chi connectivity index (χ3v) is 4.30. The third-order valence-electron chi connectivity index (χ3n) is 4.30. The Kier molecular flexibility index (Phi) is 3.60. The first-order valence-corrected chi connectivity index (χ1v) is 6.94. The van der Waals surface area contributed by atoms with Crippen LogP contribution < -0.4 is 0 Å². The summed E-state index contributed by atoms with van der Waals surface area (Å²) < 4.78 is 1.82. The standard InChI is InChI=1S/C15H24N2O/c1-9-6-10(2)8-13(7-9)15(18)14-11(3)16-17(5)12(14)4/h9-10,13H,6-8H2,1-5H3. The number of carbonyl (C=O) groups is 1. The van der Waals surface area contributed by atoms with Crippen molar-refractivity contribution < 1.29 is 4.79 Å². The topological polar surface area (TPSA) is 34.9 Å². The second kappa shape index (κ2) is 4.87. The van der Waals surface area contributed by atoms with Gasteiger partial charge in [0.15, 0.2) is 5.78 Å². The Labute approximate surface area is 110 Å². The maximum atomic E-state index is 12.7. The molecule has 3 nitrogen and oxygen atoms in total. The second-order valence-corrected chi connectivity index (χ2v) is 6.15. The summed E-state index contributed by atoms with van der Waals surface area (Å²) in [5, 5.41) is 4.36. The van der Waals surface area contributed by atoms with Gasteiger partial charge in [-0.3, -0.25) is 9.48 Å². The summed E-state index contributed by atoms with van der Waals surface area (Å²) in [6.07, 6.45) is 3.34. The molecule has 1 aromatic rings. The lowest BCUT2D eigenvalue weighted by molar-refractivity contribution is 0.0834. The van der Waals surface area contributed by atoms with Gasteiger partial charge in [0.1, 0.15) is 0 Å². The maximum absolute atomic E-state index is 12.7. The fourth-order valence-electron chi connectivity index (χ4n) is 3.50. The number of aromatic nitrogens is 2. The van der Waals surface area contributed by atoms with Crippen LogP contribution in [-0.4, -0.2) is 15.6 Å². The first-order chi connectivity index (χ1) is 8.40. The van der Waals surface area contributed by atoms with Gasteiger partial charge >= 0.3 is 0 Å². The van der Waals surface area contributed by atoms with Crippen LogP contribution in [0.15, 0.2) is 0 Å². The minimum atomic E-state index is 0.199. The van der Waals surface area contributed by atoms with Crippen molar-refractivity contribution in [1.82, 2.24) is 9.78 Å². The Morgan fingerprint density at radius 2 is 1.72 bits per heavy atom. The molecule has 0 bridgehead atoms. The molecule has 1 saturated carbocycles. The Bertz CT molecular complexity index is 451. The van der Waals surface area contributed by atoms with Crippen molar-refractivity contribution in [3.63, 3.8) is 0 Å². The minimum Gasteiger partial charge on any atom is -0.294 e. The van der Waals surface area contributed by atoms with E-state index in [9.17, 15) is 4.79 Å². The number of aryl methyl sites for hydroxylation is 2. The largest absolute Gasteiger partial charge is 0.294 e. The molecular formula is C15H24N2O. The number of ketones is 1. The van der Waals surface area contributed by atoms with Crippen molar-refractivity contribution >= 4 is 5.78 Å². The van der Waals surface area contributed by atoms with Crippen molar-refractivity contribution in [3.05, 3.63) is 17.0 Å². The average molecular weight is 248 g/mol. The van der Waals surface area contributed by atoms with Crippen LogP contribution in [0, 0.1) is 31.6 Å². The van der Waals surface area contributed by atoms with Crippen molar-refractivity contribution in [2.75, 3.05) is 0 Å². The van der Waals surface area contributed by atoms with Crippen LogP contribution in [0.25, 0.3) is 0 Å². The van der Waals surface area contributed by atoms with Crippen LogP contribution in [0.2, 0.25) is 0 Å². The predicted molar refractivity (Wildman–Crippen MR) is 72.7 cm³/mol. The summed E-state index contributed by atoms with van der Waals surface area (Å²) in [4.78, 5) is 12.7. The van der Waals surface area contributed by atoms with E-state index in [1.165, 1.54) is 6.42 Å². The van der Waals surface area contributed by atoms with Gasteiger partial charge in [-0.1, -0.05) is 13.8 Å². The monoisotopic (exact) mass is 248 g/mol. The van der Waals surface area contributed by atoms with Gasteiger partial charge < -0.3 is 0 Å². The van der Waals surface area contributed by atoms with Gasteiger partial charge in [0.05, 0.1) is 11.3 Å². The normalized spacial score (nSPS) is 28.4. The number of Topliss-reactive ketones (excluding diaryl/α,β-unsaturated/α-hetero) is 1. The molecule has 1 aromatic heterocycles. The van der Waals surface area contributed by atoms with E-state index in [1.807, 2.05) is 25.6 Å². The summed E-state index contributed by atoms with van der Waals surface area (Å²) >= 11 is 0. The Morgan fingerprint density at radius 1 is 1.17 bits per heavy atom. The molecule has 3 heteroatoms. The van der Waals surface area contributed by atoms with Crippen LogP contribution >= 0.6 is 0 Å². The van der Waals surface area contributed by atoms with Crippen LogP contribution in [0.5, 0.6) is 0 Å². The lowest BCUT2D eigenvalue weighted by atomic mass is 9.74. The van der Waals surface area contributed by atoms with Crippen molar-refractivity contribution in [3.8, 4) is 0 Å². The summed E-state index contributed by atoms with van der Waals surface area (Å²) in [6, 6.07) is 0. The molecule has 1 aliphatic carbocycles. The minimum absolute atomic E-state index is 0.199. The fourth-order valence-corrected chi connectivity index (χ4v) is 3.50. The van der Waals surface area contributed by atoms with Gasteiger partial charge in [0.25, 0.3) is 0 Å². The molecule has 0 amide bonds. The zero-order valence-electron chi connectivity index (χ0n) is 12.2. The van der Waals surface area contributed by atoms with E-state index < -0.39 is 0 Å². The zero-order chi connectivity index (χ0) is 13.4. The van der Waals surface area contributed by atoms with Crippen LogP contribution in [-0.2, 0) is 7.05 Å². The van der Waals surface area contributed by atoms with Gasteiger partial charge in [0.2, 0.25) is 0 Å². The summed E-state index contributed by atoms with van der Waals surface area (Å²) in [6.45, 7) is 8.45. The lowest BCUT2D eigenvalue weighted by Gasteiger charge is -2.30. The van der Waals surface area contributed by atoms with E-state index in [0.717, 1.165) is 29.8 Å². The zero-order valence-corrected chi connectivity index (χ0v) is 12.2. The van der Waals surface area contributed by atoms with Gasteiger partial charge in [-0.05, 0) is 44.9 Å². The lowest BCUT2D eigenvalue weighted by Crippen LogP contribution is -2.26. The highest BCUT2D eigenvalue weighted by Gasteiger charge is 2.31. The van der Waals surface area contributed by atoms with E-state index >= 15 is 0 Å². The molecule has 0 saturated heterocycles. The second-order valence-electron chi connectivity index (χ2n) is 6.15. The average Bonchev–Trinajstić information content (AvgIpc) is 2.51. The summed E-state index contributed by atoms with van der Waals surface area (Å²) in [5.74, 6) is 1.85. The first kappa shape index (κ1) is 13.3. The highest BCUT2D eigenvalue weighted by atomic mass is 16.1. The van der Waals surface area contributed by atoms with Crippen molar-refractivity contribution in [2.45, 2.75) is 47.0 Å². The van der Waals surface area contributed by atoms with Gasteiger partial charge in [-0.15, -0.1) is 0 Å². The number of hydrogen-bond donors (Lipinski definition) is 0. The molecule has 2 rings (SSSR count). The van der Waals surface area contributed by atoms with Crippen molar-refractivity contribution in [2.24, 2.45) is 24.8 Å². The molecule has 100 valence electrons. The third kappa shape index (κ3) is 2.36. The summed E-state index contributed by atoms with van der Waals surface area (Å²) in [7, 11) is 1.91. The molecule has 0 N–H and O–H groups in total. The van der Waals surface area contributed by atoms with Gasteiger partial charge in [-0.2, -0.15) is 5.10 Å². The predicted octanol–water partition coefficient (Wildman–Crippen LogP) is 3.29. The number of rotatable bonds is 2. The quantitative estimate of drug-likeness (QED) is 0.753. The molecule has 2 unspecified atom stereocenters. The molecule has 0 aliphatic heterocycles. The highest BCUT2D eigenvalue weighted by Crippen LogP contribution is 2.35. The Hall–Kier alpha value is -1.12.